The van der Waals surface area contributed by atoms with Crippen molar-refractivity contribution in [1.29, 1.82) is 0 Å². The molecule has 1 aliphatic carbocycles. The molecule has 0 saturated carbocycles. The molecule has 2 aromatic rings. The molecular weight excluding hydrogens is 444 g/mol. The number of aliphatic hydroxyl groups excluding tert-OH is 2. The van der Waals surface area contributed by atoms with Crippen LogP contribution < -0.4 is 34.5 Å². The minimum atomic E-state index is -1.09. The summed E-state index contributed by atoms with van der Waals surface area (Å²) < 4.78 is 27.7. The minimum Gasteiger partial charge on any atom is -0.493 e. The van der Waals surface area contributed by atoms with Crippen molar-refractivity contribution in [3.8, 4) is 28.7 Å². The number of hydrogen-bond acceptors (Lipinski definition) is 9. The second kappa shape index (κ2) is 9.96. The highest BCUT2D eigenvalue weighted by atomic mass is 16.7. The molecule has 0 radical (unpaired) electrons. The van der Waals surface area contributed by atoms with Gasteiger partial charge in [-0.05, 0) is 41.0 Å². The number of hydrogen-bond donors (Lipinski definition) is 4. The fraction of sp³-hybridized carbons (Fsp3) is 0.458. The summed E-state index contributed by atoms with van der Waals surface area (Å²) in [4.78, 5) is 13.4. The molecule has 184 valence electrons. The third-order valence-electron chi connectivity index (χ3n) is 6.41. The summed E-state index contributed by atoms with van der Waals surface area (Å²) in [5.74, 6) is -0.230. The lowest BCUT2D eigenvalue weighted by molar-refractivity contribution is -0.132. The van der Waals surface area contributed by atoms with Gasteiger partial charge in [-0.15, -0.1) is 0 Å². The van der Waals surface area contributed by atoms with E-state index in [4.69, 9.17) is 23.7 Å². The number of amides is 1. The summed E-state index contributed by atoms with van der Waals surface area (Å²) in [5, 5.41) is 21.5. The van der Waals surface area contributed by atoms with Crippen molar-refractivity contribution < 1.29 is 38.7 Å². The zero-order chi connectivity index (χ0) is 24.4. The second-order valence-corrected chi connectivity index (χ2v) is 8.11. The number of benzene rings is 2. The van der Waals surface area contributed by atoms with Crippen molar-refractivity contribution in [1.82, 2.24) is 10.9 Å². The first-order valence-corrected chi connectivity index (χ1v) is 11.0. The van der Waals surface area contributed by atoms with Crippen LogP contribution in [0.5, 0.6) is 28.7 Å². The van der Waals surface area contributed by atoms with Gasteiger partial charge < -0.3 is 33.9 Å². The summed E-state index contributed by atoms with van der Waals surface area (Å²) >= 11 is 0. The van der Waals surface area contributed by atoms with Crippen LogP contribution in [0.4, 0.5) is 0 Å². The molecule has 1 amide bonds. The Labute approximate surface area is 197 Å². The third-order valence-corrected chi connectivity index (χ3v) is 6.41. The van der Waals surface area contributed by atoms with Crippen LogP contribution in [-0.4, -0.2) is 57.4 Å². The number of nitrogens with one attached hydrogen (secondary N) is 2. The molecule has 2 aromatic carbocycles. The van der Waals surface area contributed by atoms with Crippen LogP contribution in [0.3, 0.4) is 0 Å². The van der Waals surface area contributed by atoms with Gasteiger partial charge >= 0.3 is 0 Å². The van der Waals surface area contributed by atoms with Gasteiger partial charge in [-0.2, -0.15) is 0 Å². The van der Waals surface area contributed by atoms with E-state index in [1.54, 1.807) is 24.3 Å². The minimum absolute atomic E-state index is 0.0664. The van der Waals surface area contributed by atoms with Crippen molar-refractivity contribution in [2.24, 2.45) is 11.8 Å². The average Bonchev–Trinajstić information content (AvgIpc) is 3.32. The third kappa shape index (κ3) is 3.97. The molecule has 1 aliphatic heterocycles. The summed E-state index contributed by atoms with van der Waals surface area (Å²) in [6, 6.07) is 7.06. The molecule has 4 N–H and O–H groups in total. The van der Waals surface area contributed by atoms with Gasteiger partial charge in [0, 0.05) is 25.0 Å². The van der Waals surface area contributed by atoms with Crippen LogP contribution in [0.1, 0.15) is 35.6 Å². The van der Waals surface area contributed by atoms with Gasteiger partial charge in [-0.25, -0.2) is 5.43 Å². The molecular formula is C24H30N2O8. The van der Waals surface area contributed by atoms with Gasteiger partial charge in [0.25, 0.3) is 0 Å². The van der Waals surface area contributed by atoms with Gasteiger partial charge in [0.15, 0.2) is 23.0 Å². The van der Waals surface area contributed by atoms with E-state index in [1.165, 1.54) is 21.3 Å². The summed E-state index contributed by atoms with van der Waals surface area (Å²) in [7, 11) is 4.55. The van der Waals surface area contributed by atoms with E-state index >= 15 is 0 Å². The maximum atomic E-state index is 13.4. The fourth-order valence-corrected chi connectivity index (χ4v) is 4.85. The molecule has 10 nitrogen and oxygen atoms in total. The van der Waals surface area contributed by atoms with Crippen molar-refractivity contribution in [3.05, 3.63) is 41.0 Å². The number of hydrazine groups is 1. The van der Waals surface area contributed by atoms with E-state index < -0.39 is 30.5 Å². The zero-order valence-corrected chi connectivity index (χ0v) is 19.6. The number of methoxy groups -OCH3 is 3. The van der Waals surface area contributed by atoms with Crippen molar-refractivity contribution >= 4 is 5.91 Å². The SMILES string of the molecule is CCNNC(=O)[C@H]1[C@H](c2cc(OC)c(OC)c(OC)c2)c2cc3c(cc2[C@H](O)[C@H]1CO)OCO3. The zero-order valence-electron chi connectivity index (χ0n) is 19.6. The Morgan fingerprint density at radius 3 is 2.18 bits per heavy atom. The van der Waals surface area contributed by atoms with E-state index in [0.717, 1.165) is 0 Å². The maximum Gasteiger partial charge on any atom is 0.238 e. The molecule has 0 spiro atoms. The molecule has 10 heteroatoms. The Balaban J connectivity index is 1.96. The number of fused-ring (bicyclic) bond motifs is 2. The van der Waals surface area contributed by atoms with Crippen LogP contribution in [-0.2, 0) is 4.79 Å². The molecule has 2 aliphatic rings. The van der Waals surface area contributed by atoms with Crippen LogP contribution in [0.25, 0.3) is 0 Å². The first-order chi connectivity index (χ1) is 16.5. The van der Waals surface area contributed by atoms with Crippen LogP contribution >= 0.6 is 0 Å². The monoisotopic (exact) mass is 474 g/mol. The average molecular weight is 475 g/mol. The highest BCUT2D eigenvalue weighted by Gasteiger charge is 2.47. The van der Waals surface area contributed by atoms with Gasteiger partial charge in [0.2, 0.25) is 18.4 Å². The van der Waals surface area contributed by atoms with E-state index in [2.05, 4.69) is 10.9 Å². The Hall–Kier alpha value is -3.21. The predicted octanol–water partition coefficient (Wildman–Crippen LogP) is 1.49. The van der Waals surface area contributed by atoms with Crippen molar-refractivity contribution in [2.75, 3.05) is 41.3 Å². The molecule has 0 unspecified atom stereocenters. The normalized spacial score (nSPS) is 22.6. The Morgan fingerprint density at radius 2 is 1.65 bits per heavy atom. The van der Waals surface area contributed by atoms with Crippen molar-refractivity contribution in [2.45, 2.75) is 18.9 Å². The molecule has 0 saturated heterocycles. The number of carbonyl (C=O) groups excluding carboxylic acids is 1. The van der Waals surface area contributed by atoms with E-state index in [0.29, 0.717) is 52.0 Å². The van der Waals surface area contributed by atoms with Crippen LogP contribution in [0, 0.1) is 11.8 Å². The lowest BCUT2D eigenvalue weighted by Crippen LogP contribution is -2.49. The number of aliphatic hydroxyl groups is 2. The Kier molecular flexibility index (Phi) is 7.01. The fourth-order valence-electron chi connectivity index (χ4n) is 4.85. The van der Waals surface area contributed by atoms with Crippen LogP contribution in [0.15, 0.2) is 24.3 Å². The second-order valence-electron chi connectivity index (χ2n) is 8.11. The van der Waals surface area contributed by atoms with Gasteiger partial charge in [0.1, 0.15) is 0 Å². The highest BCUT2D eigenvalue weighted by Crippen LogP contribution is 2.53. The molecule has 0 bridgehead atoms. The predicted molar refractivity (Wildman–Crippen MR) is 121 cm³/mol. The Morgan fingerprint density at radius 1 is 1.03 bits per heavy atom. The number of carbonyl (C=O) groups is 1. The Bertz CT molecular complexity index is 1030. The standard InChI is InChI=1S/C24H30N2O8/c1-5-25-26-24(29)21-15(10-27)22(28)14-9-17-16(33-11-34-17)8-13(14)20(21)12-6-18(30-2)23(32-4)19(7-12)31-3/h6-9,15,20-22,25,27-28H,5,10-11H2,1-4H3,(H,26,29)/t15-,20+,21+,22-/m0/s1. The number of rotatable bonds is 8. The molecule has 1 heterocycles. The van der Waals surface area contributed by atoms with Gasteiger partial charge in [-0.1, -0.05) is 6.92 Å². The molecule has 4 rings (SSSR count). The van der Waals surface area contributed by atoms with Crippen molar-refractivity contribution in [3.63, 3.8) is 0 Å². The first kappa shape index (κ1) is 23.9. The first-order valence-electron chi connectivity index (χ1n) is 11.0. The maximum absolute atomic E-state index is 13.4. The van der Waals surface area contributed by atoms with E-state index in [1.807, 2.05) is 6.92 Å². The highest BCUT2D eigenvalue weighted by molar-refractivity contribution is 5.81. The molecule has 4 atom stereocenters. The smallest absolute Gasteiger partial charge is 0.238 e. The van der Waals surface area contributed by atoms with Crippen LogP contribution in [0.2, 0.25) is 0 Å². The van der Waals surface area contributed by atoms with Gasteiger partial charge in [0.05, 0.1) is 33.4 Å². The summed E-state index contributed by atoms with van der Waals surface area (Å²) in [6.07, 6.45) is -1.09. The van der Waals surface area contributed by atoms with E-state index in [9.17, 15) is 15.0 Å². The largest absolute Gasteiger partial charge is 0.493 e. The molecule has 34 heavy (non-hydrogen) atoms. The molecule has 0 aromatic heterocycles. The van der Waals surface area contributed by atoms with E-state index in [-0.39, 0.29) is 12.7 Å². The quantitative estimate of drug-likeness (QED) is 0.421. The molecule has 0 fully saturated rings. The summed E-state index contributed by atoms with van der Waals surface area (Å²) in [6.45, 7) is 2.03. The lowest BCUT2D eigenvalue weighted by Gasteiger charge is -2.41. The number of ether oxygens (including phenoxy) is 5. The van der Waals surface area contributed by atoms with Gasteiger partial charge in [-0.3, -0.25) is 10.2 Å². The topological polar surface area (TPSA) is 128 Å². The summed E-state index contributed by atoms with van der Waals surface area (Å²) in [5.41, 5.74) is 7.47. The lowest BCUT2D eigenvalue weighted by atomic mass is 9.65.